The minimum absolute atomic E-state index is 0.114. The van der Waals surface area contributed by atoms with Gasteiger partial charge in [-0.05, 0) is 28.9 Å². The molecule has 0 aromatic carbocycles. The zero-order valence-corrected chi connectivity index (χ0v) is 12.7. The van der Waals surface area contributed by atoms with Crippen LogP contribution >= 0.6 is 15.9 Å². The van der Waals surface area contributed by atoms with Crippen molar-refractivity contribution in [2.45, 2.75) is 13.0 Å². The molecule has 0 radical (unpaired) electrons. The molecular weight excluding hydrogens is 310 g/mol. The molecule has 2 N–H and O–H groups in total. The van der Waals surface area contributed by atoms with E-state index in [2.05, 4.69) is 41.5 Å². The number of rotatable bonds is 5. The van der Waals surface area contributed by atoms with E-state index in [1.165, 1.54) is 0 Å². The van der Waals surface area contributed by atoms with Crippen LogP contribution in [0.25, 0.3) is 11.0 Å². The smallest absolute Gasteiger partial charge is 0.224 e. The van der Waals surface area contributed by atoms with E-state index < -0.39 is 0 Å². The molecule has 2 rings (SSSR count). The Bertz CT molecular complexity index is 577. The van der Waals surface area contributed by atoms with Crippen molar-refractivity contribution in [1.29, 1.82) is 0 Å². The monoisotopic (exact) mass is 325 g/mol. The molecule has 0 spiro atoms. The van der Waals surface area contributed by atoms with E-state index in [-0.39, 0.29) is 6.10 Å². The van der Waals surface area contributed by atoms with Crippen LogP contribution in [0, 0.1) is 0 Å². The van der Waals surface area contributed by atoms with Gasteiger partial charge in [0.05, 0.1) is 10.6 Å². The molecule has 0 unspecified atom stereocenters. The van der Waals surface area contributed by atoms with Crippen LogP contribution in [-0.2, 0) is 4.74 Å². The maximum atomic E-state index is 5.19. The first-order chi connectivity index (χ1) is 9.13. The van der Waals surface area contributed by atoms with Gasteiger partial charge in [-0.2, -0.15) is 4.98 Å². The van der Waals surface area contributed by atoms with Crippen molar-refractivity contribution < 1.29 is 4.74 Å². The molecule has 0 bridgehead atoms. The Morgan fingerprint density at radius 1 is 1.42 bits per heavy atom. The van der Waals surface area contributed by atoms with Crippen molar-refractivity contribution in [3.8, 4) is 0 Å². The van der Waals surface area contributed by atoms with Gasteiger partial charge >= 0.3 is 0 Å². The SMILES string of the molecule is CNc1ncc2cc(Br)c(NC[C@@H](C)OC)nc2n1. The number of nitrogens with zero attached hydrogens (tertiary/aromatic N) is 3. The third-order valence-corrected chi connectivity index (χ3v) is 3.31. The number of aromatic nitrogens is 3. The van der Waals surface area contributed by atoms with Crippen molar-refractivity contribution in [3.63, 3.8) is 0 Å². The molecule has 0 aliphatic rings. The van der Waals surface area contributed by atoms with Gasteiger partial charge in [-0.3, -0.25) is 0 Å². The minimum Gasteiger partial charge on any atom is -0.380 e. The first-order valence-electron chi connectivity index (χ1n) is 5.91. The predicted molar refractivity (Wildman–Crippen MR) is 79.5 cm³/mol. The van der Waals surface area contributed by atoms with Crippen LogP contribution in [0.5, 0.6) is 0 Å². The summed E-state index contributed by atoms with van der Waals surface area (Å²) in [5.74, 6) is 1.30. The quantitative estimate of drug-likeness (QED) is 0.878. The molecule has 0 fully saturated rings. The third kappa shape index (κ3) is 3.30. The lowest BCUT2D eigenvalue weighted by Crippen LogP contribution is -2.19. The molecule has 102 valence electrons. The highest BCUT2D eigenvalue weighted by atomic mass is 79.9. The van der Waals surface area contributed by atoms with Crippen molar-refractivity contribution in [3.05, 3.63) is 16.7 Å². The normalized spacial score (nSPS) is 12.4. The Morgan fingerprint density at radius 3 is 2.89 bits per heavy atom. The number of halogens is 1. The molecule has 0 saturated carbocycles. The Morgan fingerprint density at radius 2 is 2.21 bits per heavy atom. The Hall–Kier alpha value is -1.47. The summed E-state index contributed by atoms with van der Waals surface area (Å²) in [4.78, 5) is 13.0. The summed E-state index contributed by atoms with van der Waals surface area (Å²) in [5.41, 5.74) is 0.648. The van der Waals surface area contributed by atoms with E-state index in [1.54, 1.807) is 20.4 Å². The number of fused-ring (bicyclic) bond motifs is 1. The molecule has 6 nitrogen and oxygen atoms in total. The Kier molecular flexibility index (Phi) is 4.49. The van der Waals surface area contributed by atoms with Gasteiger partial charge < -0.3 is 15.4 Å². The summed E-state index contributed by atoms with van der Waals surface area (Å²) in [6, 6.07) is 1.95. The first-order valence-corrected chi connectivity index (χ1v) is 6.71. The molecule has 0 aliphatic carbocycles. The highest BCUT2D eigenvalue weighted by Gasteiger charge is 2.08. The lowest BCUT2D eigenvalue weighted by molar-refractivity contribution is 0.128. The summed E-state index contributed by atoms with van der Waals surface area (Å²) < 4.78 is 6.07. The number of hydrogen-bond donors (Lipinski definition) is 2. The highest BCUT2D eigenvalue weighted by molar-refractivity contribution is 9.10. The Balaban J connectivity index is 2.30. The zero-order chi connectivity index (χ0) is 13.8. The van der Waals surface area contributed by atoms with Crippen molar-refractivity contribution in [2.24, 2.45) is 0 Å². The zero-order valence-electron chi connectivity index (χ0n) is 11.1. The van der Waals surface area contributed by atoms with Crippen LogP contribution in [0.3, 0.4) is 0 Å². The molecule has 1 atom stereocenters. The fourth-order valence-corrected chi connectivity index (χ4v) is 1.98. The fourth-order valence-electron chi connectivity index (χ4n) is 1.51. The number of hydrogen-bond acceptors (Lipinski definition) is 6. The second kappa shape index (κ2) is 6.12. The maximum absolute atomic E-state index is 5.19. The van der Waals surface area contributed by atoms with Gasteiger partial charge in [0, 0.05) is 32.3 Å². The number of ether oxygens (including phenoxy) is 1. The lowest BCUT2D eigenvalue weighted by Gasteiger charge is -2.13. The van der Waals surface area contributed by atoms with Gasteiger partial charge in [0.15, 0.2) is 5.65 Å². The summed E-state index contributed by atoms with van der Waals surface area (Å²) in [6.07, 6.45) is 1.86. The Labute approximate surface area is 120 Å². The molecule has 0 saturated heterocycles. The highest BCUT2D eigenvalue weighted by Crippen LogP contribution is 2.24. The number of anilines is 2. The van der Waals surface area contributed by atoms with E-state index in [9.17, 15) is 0 Å². The molecule has 0 amide bonds. The van der Waals surface area contributed by atoms with E-state index in [0.29, 0.717) is 18.1 Å². The van der Waals surface area contributed by atoms with E-state index in [4.69, 9.17) is 4.74 Å². The lowest BCUT2D eigenvalue weighted by atomic mass is 10.3. The largest absolute Gasteiger partial charge is 0.380 e. The molecule has 0 aliphatic heterocycles. The van der Waals surface area contributed by atoms with Crippen molar-refractivity contribution >= 4 is 38.7 Å². The number of nitrogens with one attached hydrogen (secondary N) is 2. The van der Waals surface area contributed by atoms with Crippen molar-refractivity contribution in [2.75, 3.05) is 31.3 Å². The number of pyridine rings is 1. The van der Waals surface area contributed by atoms with Crippen molar-refractivity contribution in [1.82, 2.24) is 15.0 Å². The second-order valence-electron chi connectivity index (χ2n) is 4.10. The van der Waals surface area contributed by atoms with Gasteiger partial charge in [0.25, 0.3) is 0 Å². The van der Waals surface area contributed by atoms with Crippen LogP contribution < -0.4 is 10.6 Å². The average Bonchev–Trinajstić information content (AvgIpc) is 2.44. The molecule has 2 aromatic rings. The summed E-state index contributed by atoms with van der Waals surface area (Å²) in [7, 11) is 3.46. The van der Waals surface area contributed by atoms with Crippen LogP contribution in [0.2, 0.25) is 0 Å². The molecular formula is C12H16BrN5O. The summed E-state index contributed by atoms with van der Waals surface area (Å²) in [5, 5.41) is 7.01. The standard InChI is InChI=1S/C12H16BrN5O/c1-7(19-3)5-15-11-9(13)4-8-6-16-12(14-2)18-10(8)17-11/h4,6-7H,5H2,1-3H3,(H2,14,15,16,17,18)/t7-/m1/s1. The van der Waals surface area contributed by atoms with Gasteiger partial charge in [-0.15, -0.1) is 0 Å². The van der Waals surface area contributed by atoms with Crippen LogP contribution in [0.15, 0.2) is 16.7 Å². The summed E-state index contributed by atoms with van der Waals surface area (Å²) in [6.45, 7) is 2.67. The van der Waals surface area contributed by atoms with Gasteiger partial charge in [0.2, 0.25) is 5.95 Å². The average molecular weight is 326 g/mol. The van der Waals surface area contributed by atoms with E-state index >= 15 is 0 Å². The van der Waals surface area contributed by atoms with Crippen LogP contribution in [-0.4, -0.2) is 41.8 Å². The minimum atomic E-state index is 0.114. The predicted octanol–water partition coefficient (Wildman–Crippen LogP) is 2.28. The molecule has 19 heavy (non-hydrogen) atoms. The second-order valence-corrected chi connectivity index (χ2v) is 4.96. The first kappa shape index (κ1) is 14.0. The summed E-state index contributed by atoms with van der Waals surface area (Å²) >= 11 is 3.49. The van der Waals surface area contributed by atoms with E-state index in [0.717, 1.165) is 15.7 Å². The topological polar surface area (TPSA) is 72.0 Å². The molecule has 7 heteroatoms. The van der Waals surface area contributed by atoms with Gasteiger partial charge in [-0.1, -0.05) is 0 Å². The number of methoxy groups -OCH3 is 1. The van der Waals surface area contributed by atoms with Crippen LogP contribution in [0.4, 0.5) is 11.8 Å². The van der Waals surface area contributed by atoms with Gasteiger partial charge in [-0.25, -0.2) is 9.97 Å². The van der Waals surface area contributed by atoms with Crippen LogP contribution in [0.1, 0.15) is 6.92 Å². The fraction of sp³-hybridized carbons (Fsp3) is 0.417. The van der Waals surface area contributed by atoms with E-state index in [1.807, 2.05) is 13.0 Å². The molecule has 2 heterocycles. The third-order valence-electron chi connectivity index (χ3n) is 2.71. The molecule has 2 aromatic heterocycles. The maximum Gasteiger partial charge on any atom is 0.224 e. The van der Waals surface area contributed by atoms with Gasteiger partial charge in [0.1, 0.15) is 5.82 Å².